The highest BCUT2D eigenvalue weighted by Gasteiger charge is 2.19. The second kappa shape index (κ2) is 10.8. The third-order valence-electron chi connectivity index (χ3n) is 5.20. The molecule has 1 N–H and O–H groups in total. The van der Waals surface area contributed by atoms with Crippen molar-refractivity contribution in [1.82, 2.24) is 15.2 Å². The number of nitrogens with one attached hydrogen (secondary N) is 1. The van der Waals surface area contributed by atoms with Crippen LogP contribution in [-0.4, -0.2) is 35.4 Å². The van der Waals surface area contributed by atoms with Crippen LogP contribution in [0.2, 0.25) is 0 Å². The number of hydrogen-bond acceptors (Lipinski definition) is 4. The highest BCUT2D eigenvalue weighted by atomic mass is 19.1. The van der Waals surface area contributed by atoms with Crippen molar-refractivity contribution >= 4 is 5.91 Å². The number of rotatable bonds is 10. The van der Waals surface area contributed by atoms with Crippen LogP contribution in [0.5, 0.6) is 0 Å². The molecule has 0 bridgehead atoms. The normalized spacial score (nSPS) is 12.2. The van der Waals surface area contributed by atoms with Gasteiger partial charge >= 0.3 is 0 Å². The first-order valence-electron chi connectivity index (χ1n) is 10.5. The van der Waals surface area contributed by atoms with Crippen molar-refractivity contribution in [3.63, 3.8) is 0 Å². The third-order valence-corrected chi connectivity index (χ3v) is 5.20. The van der Waals surface area contributed by atoms with Crippen molar-refractivity contribution in [1.29, 1.82) is 0 Å². The highest BCUT2D eigenvalue weighted by molar-refractivity contribution is 5.76. The summed E-state index contributed by atoms with van der Waals surface area (Å²) in [6.45, 7) is 6.67. The number of nitrogens with zero attached hydrogens (tertiary/aromatic N) is 2. The fourth-order valence-electron chi connectivity index (χ4n) is 3.42. The van der Waals surface area contributed by atoms with Crippen molar-refractivity contribution < 1.29 is 18.0 Å². The molecule has 0 saturated carbocycles. The molecule has 0 aliphatic rings. The van der Waals surface area contributed by atoms with Crippen molar-refractivity contribution in [3.05, 3.63) is 77.8 Å². The summed E-state index contributed by atoms with van der Waals surface area (Å²) in [5.74, 6) is -1.31. The molecule has 164 valence electrons. The fraction of sp³-hybridized carbons (Fsp3) is 0.333. The monoisotopic (exact) mass is 427 g/mol. The van der Waals surface area contributed by atoms with Crippen LogP contribution in [0, 0.1) is 11.6 Å². The van der Waals surface area contributed by atoms with Gasteiger partial charge in [-0.3, -0.25) is 4.79 Å². The van der Waals surface area contributed by atoms with Gasteiger partial charge in [0.2, 0.25) is 5.91 Å². The summed E-state index contributed by atoms with van der Waals surface area (Å²) in [5, 5.41) is 3.09. The van der Waals surface area contributed by atoms with Gasteiger partial charge in [-0.2, -0.15) is 0 Å². The van der Waals surface area contributed by atoms with Crippen molar-refractivity contribution in [2.45, 2.75) is 32.7 Å². The van der Waals surface area contributed by atoms with Gasteiger partial charge < -0.3 is 14.6 Å². The van der Waals surface area contributed by atoms with Crippen LogP contribution < -0.4 is 5.32 Å². The first-order chi connectivity index (χ1) is 15.0. The molecule has 1 heterocycles. The van der Waals surface area contributed by atoms with E-state index in [-0.39, 0.29) is 42.0 Å². The molecule has 0 spiro atoms. The molecule has 3 rings (SSSR count). The number of carbonyl (C=O) groups is 1. The van der Waals surface area contributed by atoms with E-state index in [2.05, 4.69) is 29.0 Å². The average molecular weight is 427 g/mol. The van der Waals surface area contributed by atoms with E-state index in [1.54, 1.807) is 0 Å². The van der Waals surface area contributed by atoms with Crippen molar-refractivity contribution in [2.75, 3.05) is 19.6 Å². The number of halogens is 2. The zero-order valence-corrected chi connectivity index (χ0v) is 17.8. The van der Waals surface area contributed by atoms with Crippen LogP contribution >= 0.6 is 0 Å². The first kappa shape index (κ1) is 22.6. The molecular formula is C24H27F2N3O2. The minimum Gasteiger partial charge on any atom is -0.441 e. The molecule has 1 aromatic heterocycles. The Kier molecular flexibility index (Phi) is 7.89. The molecule has 5 nitrogen and oxygen atoms in total. The lowest BCUT2D eigenvalue weighted by molar-refractivity contribution is -0.122. The Bertz CT molecular complexity index is 967. The molecule has 0 fully saturated rings. The SMILES string of the molecule is CCN(CC)C[C@H](NC(=O)CCc1ncc(-c2c(F)cccc2F)o1)c1ccccc1. The van der Waals surface area contributed by atoms with Crippen LogP contribution in [0.15, 0.2) is 59.1 Å². The number of hydrogen-bond donors (Lipinski definition) is 1. The van der Waals surface area contributed by atoms with E-state index in [0.29, 0.717) is 6.54 Å². The Morgan fingerprint density at radius 3 is 2.39 bits per heavy atom. The zero-order chi connectivity index (χ0) is 22.2. The van der Waals surface area contributed by atoms with E-state index in [4.69, 9.17) is 4.42 Å². The van der Waals surface area contributed by atoms with E-state index in [1.165, 1.54) is 12.3 Å². The van der Waals surface area contributed by atoms with Gasteiger partial charge in [-0.05, 0) is 30.8 Å². The molecule has 0 unspecified atom stereocenters. The maximum atomic E-state index is 13.9. The Balaban J connectivity index is 1.63. The second-order valence-corrected chi connectivity index (χ2v) is 7.23. The van der Waals surface area contributed by atoms with Crippen molar-refractivity contribution in [2.24, 2.45) is 0 Å². The summed E-state index contributed by atoms with van der Waals surface area (Å²) >= 11 is 0. The van der Waals surface area contributed by atoms with Gasteiger partial charge in [-0.15, -0.1) is 0 Å². The van der Waals surface area contributed by atoms with E-state index < -0.39 is 11.6 Å². The number of aryl methyl sites for hydroxylation is 1. The lowest BCUT2D eigenvalue weighted by Gasteiger charge is -2.26. The molecule has 0 aliphatic heterocycles. The quantitative estimate of drug-likeness (QED) is 0.507. The van der Waals surface area contributed by atoms with Gasteiger partial charge in [-0.1, -0.05) is 50.2 Å². The van der Waals surface area contributed by atoms with Gasteiger partial charge in [0.1, 0.15) is 11.6 Å². The Morgan fingerprint density at radius 2 is 1.74 bits per heavy atom. The lowest BCUT2D eigenvalue weighted by Crippen LogP contribution is -2.38. The zero-order valence-electron chi connectivity index (χ0n) is 17.8. The summed E-state index contributed by atoms with van der Waals surface area (Å²) in [6, 6.07) is 13.3. The van der Waals surface area contributed by atoms with Crippen LogP contribution in [0.1, 0.15) is 37.8 Å². The smallest absolute Gasteiger partial charge is 0.221 e. The second-order valence-electron chi connectivity index (χ2n) is 7.23. The lowest BCUT2D eigenvalue weighted by atomic mass is 10.1. The third kappa shape index (κ3) is 5.98. The predicted molar refractivity (Wildman–Crippen MR) is 115 cm³/mol. The molecule has 2 aromatic carbocycles. The molecule has 1 amide bonds. The Morgan fingerprint density at radius 1 is 1.06 bits per heavy atom. The van der Waals surface area contributed by atoms with Gasteiger partial charge in [-0.25, -0.2) is 13.8 Å². The van der Waals surface area contributed by atoms with Gasteiger partial charge in [0, 0.05) is 19.4 Å². The maximum Gasteiger partial charge on any atom is 0.221 e. The topological polar surface area (TPSA) is 58.4 Å². The molecular weight excluding hydrogens is 400 g/mol. The number of aromatic nitrogens is 1. The minimum absolute atomic E-state index is 0.00898. The summed E-state index contributed by atoms with van der Waals surface area (Å²) in [6.07, 6.45) is 1.66. The molecule has 7 heteroatoms. The van der Waals surface area contributed by atoms with Crippen LogP contribution in [-0.2, 0) is 11.2 Å². The van der Waals surface area contributed by atoms with Gasteiger partial charge in [0.25, 0.3) is 0 Å². The maximum absolute atomic E-state index is 13.9. The first-order valence-corrected chi connectivity index (χ1v) is 10.5. The van der Waals surface area contributed by atoms with Crippen LogP contribution in [0.4, 0.5) is 8.78 Å². The summed E-state index contributed by atoms with van der Waals surface area (Å²) in [7, 11) is 0. The number of likely N-dealkylation sites (N-methyl/N-ethyl adjacent to an activating group) is 1. The van der Waals surface area contributed by atoms with E-state index in [9.17, 15) is 13.6 Å². The van der Waals surface area contributed by atoms with Gasteiger partial charge in [0.05, 0.1) is 17.8 Å². The average Bonchev–Trinajstić information content (AvgIpc) is 3.24. The number of oxazole rings is 1. The predicted octanol–water partition coefficient (Wildman–Crippen LogP) is 4.75. The molecule has 3 aromatic rings. The molecule has 1 atom stereocenters. The highest BCUT2D eigenvalue weighted by Crippen LogP contribution is 2.26. The van der Waals surface area contributed by atoms with Crippen LogP contribution in [0.25, 0.3) is 11.3 Å². The summed E-state index contributed by atoms with van der Waals surface area (Å²) < 4.78 is 33.4. The van der Waals surface area contributed by atoms with E-state index >= 15 is 0 Å². The molecule has 0 radical (unpaired) electrons. The number of amides is 1. The summed E-state index contributed by atoms with van der Waals surface area (Å²) in [4.78, 5) is 18.9. The molecule has 0 aliphatic carbocycles. The minimum atomic E-state index is -0.720. The number of carbonyl (C=O) groups excluding carboxylic acids is 1. The van der Waals surface area contributed by atoms with E-state index in [1.807, 2.05) is 30.3 Å². The standard InChI is InChI=1S/C24H27F2N3O2/c1-3-29(4-2)16-20(17-9-6-5-7-10-17)28-22(30)13-14-23-27-15-21(31-23)24-18(25)11-8-12-19(24)26/h5-12,15,20H,3-4,13-14,16H2,1-2H3,(H,28,30)/t20-/m0/s1. The molecule has 31 heavy (non-hydrogen) atoms. The molecule has 0 saturated heterocycles. The van der Waals surface area contributed by atoms with Crippen LogP contribution in [0.3, 0.4) is 0 Å². The fourth-order valence-corrected chi connectivity index (χ4v) is 3.42. The number of benzene rings is 2. The largest absolute Gasteiger partial charge is 0.441 e. The van der Waals surface area contributed by atoms with E-state index in [0.717, 1.165) is 30.8 Å². The Labute approximate surface area is 181 Å². The Hall–Kier alpha value is -3.06. The summed E-state index contributed by atoms with van der Waals surface area (Å²) in [5.41, 5.74) is 0.783. The van der Waals surface area contributed by atoms with Gasteiger partial charge in [0.15, 0.2) is 11.7 Å². The van der Waals surface area contributed by atoms with Crippen molar-refractivity contribution in [3.8, 4) is 11.3 Å².